The number of carbonyl (C=O) groups is 1. The maximum absolute atomic E-state index is 12.5. The Kier molecular flexibility index (Phi) is 4.81. The highest BCUT2D eigenvalue weighted by Gasteiger charge is 2.24. The van der Waals surface area contributed by atoms with Crippen molar-refractivity contribution in [2.45, 2.75) is 33.1 Å². The number of amides is 1. The van der Waals surface area contributed by atoms with E-state index in [1.807, 2.05) is 37.5 Å². The fourth-order valence-corrected chi connectivity index (χ4v) is 3.08. The van der Waals surface area contributed by atoms with Crippen LogP contribution in [0.15, 0.2) is 0 Å². The number of nitrogens with one attached hydrogen (secondary N) is 1. The first-order chi connectivity index (χ1) is 9.52. The molecule has 5 nitrogen and oxygen atoms in total. The number of carbonyl (C=O) groups excluding carboxylic acids is 1. The molecule has 1 unspecified atom stereocenters. The molecule has 5 heteroatoms. The van der Waals surface area contributed by atoms with E-state index in [-0.39, 0.29) is 5.91 Å². The Morgan fingerprint density at radius 1 is 1.45 bits per heavy atom. The van der Waals surface area contributed by atoms with Gasteiger partial charge < -0.3 is 10.2 Å². The molecule has 1 aliphatic heterocycles. The lowest BCUT2D eigenvalue weighted by Crippen LogP contribution is -2.43. The van der Waals surface area contributed by atoms with Crippen molar-refractivity contribution in [2.24, 2.45) is 13.0 Å². The van der Waals surface area contributed by atoms with Crippen LogP contribution in [0.4, 0.5) is 0 Å². The molecule has 0 aliphatic carbocycles. The van der Waals surface area contributed by atoms with E-state index in [1.54, 1.807) is 0 Å². The predicted molar refractivity (Wildman–Crippen MR) is 79.6 cm³/mol. The summed E-state index contributed by atoms with van der Waals surface area (Å²) in [5, 5.41) is 7.61. The van der Waals surface area contributed by atoms with Gasteiger partial charge >= 0.3 is 0 Å². The number of hydrogen-bond donors (Lipinski definition) is 1. The first-order valence-corrected chi connectivity index (χ1v) is 7.44. The van der Waals surface area contributed by atoms with Crippen LogP contribution in [-0.2, 0) is 18.3 Å². The third-order valence-corrected chi connectivity index (χ3v) is 4.35. The second-order valence-corrected chi connectivity index (χ2v) is 5.86. The Balaban J connectivity index is 2.01. The van der Waals surface area contributed by atoms with Crippen molar-refractivity contribution in [3.05, 3.63) is 17.0 Å². The van der Waals surface area contributed by atoms with E-state index >= 15 is 0 Å². The molecule has 1 atom stereocenters. The van der Waals surface area contributed by atoms with E-state index in [0.29, 0.717) is 12.3 Å². The summed E-state index contributed by atoms with van der Waals surface area (Å²) in [6, 6.07) is 0. The van der Waals surface area contributed by atoms with E-state index in [0.717, 1.165) is 43.0 Å². The van der Waals surface area contributed by atoms with Gasteiger partial charge in [-0.05, 0) is 46.2 Å². The van der Waals surface area contributed by atoms with Crippen LogP contribution in [0.2, 0.25) is 0 Å². The Hall–Kier alpha value is -1.36. The first kappa shape index (κ1) is 15.0. The molecule has 0 radical (unpaired) electrons. The molecular weight excluding hydrogens is 252 g/mol. The average molecular weight is 278 g/mol. The highest BCUT2D eigenvalue weighted by Crippen LogP contribution is 2.19. The summed E-state index contributed by atoms with van der Waals surface area (Å²) in [4.78, 5) is 14.5. The third-order valence-electron chi connectivity index (χ3n) is 4.35. The molecule has 1 aromatic heterocycles. The Bertz CT molecular complexity index is 478. The molecule has 1 aromatic rings. The van der Waals surface area contributed by atoms with Crippen LogP contribution in [-0.4, -0.2) is 47.3 Å². The first-order valence-electron chi connectivity index (χ1n) is 7.44. The number of likely N-dealkylation sites (tertiary alicyclic amines) is 1. The van der Waals surface area contributed by atoms with Gasteiger partial charge in [-0.25, -0.2) is 0 Å². The number of hydrogen-bond acceptors (Lipinski definition) is 3. The van der Waals surface area contributed by atoms with Crippen LogP contribution in [0.3, 0.4) is 0 Å². The summed E-state index contributed by atoms with van der Waals surface area (Å²) in [7, 11) is 3.91. The standard InChI is InChI=1S/C15H26N4O/c1-11-14(12(2)18(4)17-11)8-15(20)19-7-5-6-13(10-19)9-16-3/h13,16H,5-10H2,1-4H3. The summed E-state index contributed by atoms with van der Waals surface area (Å²) in [5.41, 5.74) is 3.16. The van der Waals surface area contributed by atoms with Gasteiger partial charge in [-0.3, -0.25) is 9.48 Å². The summed E-state index contributed by atoms with van der Waals surface area (Å²) >= 11 is 0. The Morgan fingerprint density at radius 3 is 2.80 bits per heavy atom. The summed E-state index contributed by atoms with van der Waals surface area (Å²) < 4.78 is 1.86. The highest BCUT2D eigenvalue weighted by atomic mass is 16.2. The lowest BCUT2D eigenvalue weighted by Gasteiger charge is -2.32. The van der Waals surface area contributed by atoms with Gasteiger partial charge in [0, 0.05) is 31.4 Å². The topological polar surface area (TPSA) is 50.2 Å². The normalized spacial score (nSPS) is 19.4. The summed E-state index contributed by atoms with van der Waals surface area (Å²) in [6.45, 7) is 6.79. The summed E-state index contributed by atoms with van der Waals surface area (Å²) in [5.74, 6) is 0.832. The molecule has 2 heterocycles. The lowest BCUT2D eigenvalue weighted by atomic mass is 9.97. The van der Waals surface area contributed by atoms with Crippen molar-refractivity contribution in [1.29, 1.82) is 0 Å². The van der Waals surface area contributed by atoms with Crippen molar-refractivity contribution in [3.63, 3.8) is 0 Å². The van der Waals surface area contributed by atoms with Gasteiger partial charge in [0.15, 0.2) is 0 Å². The molecule has 1 fully saturated rings. The van der Waals surface area contributed by atoms with Crippen molar-refractivity contribution < 1.29 is 4.79 Å². The maximum Gasteiger partial charge on any atom is 0.227 e. The van der Waals surface area contributed by atoms with Crippen LogP contribution in [0.1, 0.15) is 29.8 Å². The molecule has 20 heavy (non-hydrogen) atoms. The molecule has 112 valence electrons. The fraction of sp³-hybridized carbons (Fsp3) is 0.733. The van der Waals surface area contributed by atoms with Crippen LogP contribution in [0.25, 0.3) is 0 Å². The Morgan fingerprint density at radius 2 is 2.20 bits per heavy atom. The minimum absolute atomic E-state index is 0.241. The van der Waals surface area contributed by atoms with Gasteiger partial charge in [-0.2, -0.15) is 5.10 Å². The van der Waals surface area contributed by atoms with E-state index in [1.165, 1.54) is 6.42 Å². The fourth-order valence-electron chi connectivity index (χ4n) is 3.08. The maximum atomic E-state index is 12.5. The summed E-state index contributed by atoms with van der Waals surface area (Å²) in [6.07, 6.45) is 2.82. The molecular formula is C15H26N4O. The highest BCUT2D eigenvalue weighted by molar-refractivity contribution is 5.79. The zero-order chi connectivity index (χ0) is 14.7. The van der Waals surface area contributed by atoms with Crippen molar-refractivity contribution in [2.75, 3.05) is 26.7 Å². The van der Waals surface area contributed by atoms with Gasteiger partial charge in [0.2, 0.25) is 5.91 Å². The lowest BCUT2D eigenvalue weighted by molar-refractivity contribution is -0.132. The van der Waals surface area contributed by atoms with E-state index < -0.39 is 0 Å². The molecule has 0 saturated carbocycles. The number of piperidine rings is 1. The number of aryl methyl sites for hydroxylation is 2. The number of nitrogens with zero attached hydrogens (tertiary/aromatic N) is 3. The Labute approximate surface area is 121 Å². The molecule has 1 saturated heterocycles. The van der Waals surface area contributed by atoms with Gasteiger partial charge in [-0.15, -0.1) is 0 Å². The second-order valence-electron chi connectivity index (χ2n) is 5.86. The van der Waals surface area contributed by atoms with Crippen LogP contribution in [0.5, 0.6) is 0 Å². The van der Waals surface area contributed by atoms with Gasteiger partial charge in [0.25, 0.3) is 0 Å². The monoisotopic (exact) mass is 278 g/mol. The van der Waals surface area contributed by atoms with Crippen molar-refractivity contribution in [1.82, 2.24) is 20.0 Å². The molecule has 0 aromatic carbocycles. The molecule has 1 aliphatic rings. The molecule has 0 spiro atoms. The molecule has 1 amide bonds. The largest absolute Gasteiger partial charge is 0.342 e. The molecule has 2 rings (SSSR count). The van der Waals surface area contributed by atoms with E-state index in [9.17, 15) is 4.79 Å². The van der Waals surface area contributed by atoms with E-state index in [2.05, 4.69) is 10.4 Å². The van der Waals surface area contributed by atoms with Crippen molar-refractivity contribution in [3.8, 4) is 0 Å². The van der Waals surface area contributed by atoms with Crippen LogP contribution in [0, 0.1) is 19.8 Å². The molecule has 1 N–H and O–H groups in total. The predicted octanol–water partition coefficient (Wildman–Crippen LogP) is 1.04. The minimum atomic E-state index is 0.241. The minimum Gasteiger partial charge on any atom is -0.342 e. The zero-order valence-corrected chi connectivity index (χ0v) is 13.1. The quantitative estimate of drug-likeness (QED) is 0.895. The van der Waals surface area contributed by atoms with Gasteiger partial charge in [0.1, 0.15) is 0 Å². The average Bonchev–Trinajstić information content (AvgIpc) is 2.66. The number of aromatic nitrogens is 2. The zero-order valence-electron chi connectivity index (χ0n) is 13.1. The van der Waals surface area contributed by atoms with Crippen molar-refractivity contribution >= 4 is 5.91 Å². The van der Waals surface area contributed by atoms with Gasteiger partial charge in [-0.1, -0.05) is 0 Å². The number of rotatable bonds is 4. The molecule has 0 bridgehead atoms. The van der Waals surface area contributed by atoms with Crippen LogP contribution >= 0.6 is 0 Å². The van der Waals surface area contributed by atoms with Crippen LogP contribution < -0.4 is 5.32 Å². The SMILES string of the molecule is CNCC1CCCN(C(=O)Cc2c(C)nn(C)c2C)C1. The van der Waals surface area contributed by atoms with Gasteiger partial charge in [0.05, 0.1) is 12.1 Å². The smallest absolute Gasteiger partial charge is 0.227 e. The third kappa shape index (κ3) is 3.20. The second kappa shape index (κ2) is 6.39. The van der Waals surface area contributed by atoms with E-state index in [4.69, 9.17) is 0 Å².